The second-order valence-corrected chi connectivity index (χ2v) is 8.13. The predicted octanol–water partition coefficient (Wildman–Crippen LogP) is 4.25. The molecule has 34 heavy (non-hydrogen) atoms. The molecule has 1 atom stereocenters. The highest BCUT2D eigenvalue weighted by molar-refractivity contribution is 6.46. The number of Topliss-reactive ketones (excluding diaryl/α,β-unsaturated/α-hetero) is 1. The second kappa shape index (κ2) is 11.7. The maximum atomic E-state index is 13.2. The van der Waals surface area contributed by atoms with E-state index in [1.807, 2.05) is 25.1 Å². The van der Waals surface area contributed by atoms with Gasteiger partial charge in [-0.2, -0.15) is 0 Å². The van der Waals surface area contributed by atoms with Crippen LogP contribution < -0.4 is 9.47 Å². The quantitative estimate of drug-likeness (QED) is 0.303. The van der Waals surface area contributed by atoms with Crippen LogP contribution in [0.15, 0.2) is 54.1 Å². The van der Waals surface area contributed by atoms with Gasteiger partial charge in [0.2, 0.25) is 0 Å². The molecule has 0 spiro atoms. The van der Waals surface area contributed by atoms with Gasteiger partial charge in [-0.3, -0.25) is 9.59 Å². The number of aliphatic hydroxyl groups is 1. The third-order valence-corrected chi connectivity index (χ3v) is 6.13. The number of ketones is 1. The second-order valence-electron chi connectivity index (χ2n) is 8.13. The van der Waals surface area contributed by atoms with Gasteiger partial charge < -0.3 is 24.4 Å². The number of carbonyl (C=O) groups is 2. The number of methoxy groups -OCH3 is 1. The number of carbonyl (C=O) groups excluding carboxylic acids is 2. The average molecular weight is 467 g/mol. The van der Waals surface area contributed by atoms with Crippen LogP contribution in [-0.4, -0.2) is 66.5 Å². The van der Waals surface area contributed by atoms with E-state index >= 15 is 0 Å². The van der Waals surface area contributed by atoms with Crippen LogP contribution in [0.4, 0.5) is 0 Å². The summed E-state index contributed by atoms with van der Waals surface area (Å²) in [6.07, 6.45) is 0.886. The number of hydrogen-bond acceptors (Lipinski definition) is 6. The minimum atomic E-state index is -0.747. The van der Waals surface area contributed by atoms with Crippen LogP contribution in [0.5, 0.6) is 11.5 Å². The maximum absolute atomic E-state index is 13.2. The lowest BCUT2D eigenvalue weighted by Crippen LogP contribution is -2.38. The van der Waals surface area contributed by atoms with Crippen molar-refractivity contribution in [2.75, 3.05) is 39.9 Å². The molecule has 0 bridgehead atoms. The van der Waals surface area contributed by atoms with E-state index in [1.165, 1.54) is 0 Å². The van der Waals surface area contributed by atoms with E-state index in [-0.39, 0.29) is 11.3 Å². The van der Waals surface area contributed by atoms with Crippen LogP contribution in [0.25, 0.3) is 5.76 Å². The van der Waals surface area contributed by atoms with Crippen molar-refractivity contribution >= 4 is 17.4 Å². The maximum Gasteiger partial charge on any atom is 0.295 e. The molecule has 1 heterocycles. The first-order valence-corrected chi connectivity index (χ1v) is 11.8. The molecule has 3 rings (SSSR count). The lowest BCUT2D eigenvalue weighted by Gasteiger charge is -2.29. The van der Waals surface area contributed by atoms with E-state index < -0.39 is 17.7 Å². The molecule has 0 aromatic heterocycles. The summed E-state index contributed by atoms with van der Waals surface area (Å²) in [5.74, 6) is -0.288. The normalized spacial score (nSPS) is 17.4. The number of ether oxygens (including phenoxy) is 2. The van der Waals surface area contributed by atoms with Gasteiger partial charge in [-0.15, -0.1) is 0 Å². The summed E-state index contributed by atoms with van der Waals surface area (Å²) in [6.45, 7) is 9.39. The van der Waals surface area contributed by atoms with Crippen LogP contribution in [0.1, 0.15) is 44.4 Å². The molecular weight excluding hydrogens is 432 g/mol. The average Bonchev–Trinajstić information content (AvgIpc) is 3.12. The van der Waals surface area contributed by atoms with Crippen molar-refractivity contribution in [1.82, 2.24) is 9.80 Å². The number of amides is 1. The number of nitrogens with zero attached hydrogens (tertiary/aromatic N) is 2. The first-order valence-electron chi connectivity index (χ1n) is 11.8. The molecule has 7 nitrogen and oxygen atoms in total. The first-order chi connectivity index (χ1) is 16.5. The Morgan fingerprint density at radius 1 is 1.03 bits per heavy atom. The molecule has 1 amide bonds. The van der Waals surface area contributed by atoms with E-state index in [2.05, 4.69) is 18.7 Å². The topological polar surface area (TPSA) is 79.3 Å². The summed E-state index contributed by atoms with van der Waals surface area (Å²) in [5.41, 5.74) is 1.18. The number of likely N-dealkylation sites (tertiary alicyclic amines) is 1. The summed E-state index contributed by atoms with van der Waals surface area (Å²) >= 11 is 0. The van der Waals surface area contributed by atoms with Crippen molar-refractivity contribution in [3.05, 3.63) is 65.2 Å². The highest BCUT2D eigenvalue weighted by Crippen LogP contribution is 2.42. The minimum absolute atomic E-state index is 0.0660. The van der Waals surface area contributed by atoms with Crippen molar-refractivity contribution in [3.63, 3.8) is 0 Å². The largest absolute Gasteiger partial charge is 0.507 e. The molecule has 182 valence electrons. The zero-order valence-corrected chi connectivity index (χ0v) is 20.4. The molecule has 1 N–H and O–H groups in total. The Balaban J connectivity index is 2.07. The number of rotatable bonds is 11. The monoisotopic (exact) mass is 466 g/mol. The smallest absolute Gasteiger partial charge is 0.295 e. The van der Waals surface area contributed by atoms with Crippen molar-refractivity contribution in [1.29, 1.82) is 0 Å². The Morgan fingerprint density at radius 2 is 1.71 bits per heavy atom. The van der Waals surface area contributed by atoms with E-state index in [4.69, 9.17) is 9.47 Å². The van der Waals surface area contributed by atoms with Gasteiger partial charge in [-0.1, -0.05) is 39.0 Å². The molecular formula is C27H34N2O5. The number of benzene rings is 2. The van der Waals surface area contributed by atoms with Crippen molar-refractivity contribution in [3.8, 4) is 11.5 Å². The highest BCUT2D eigenvalue weighted by atomic mass is 16.5. The van der Waals surface area contributed by atoms with Crippen LogP contribution in [0.3, 0.4) is 0 Å². The predicted molar refractivity (Wildman–Crippen MR) is 132 cm³/mol. The summed E-state index contributed by atoms with van der Waals surface area (Å²) in [7, 11) is 1.55. The molecule has 0 saturated carbocycles. The van der Waals surface area contributed by atoms with E-state index in [9.17, 15) is 14.7 Å². The van der Waals surface area contributed by atoms with Gasteiger partial charge in [0.25, 0.3) is 11.7 Å². The summed E-state index contributed by atoms with van der Waals surface area (Å²) in [6, 6.07) is 13.4. The fourth-order valence-corrected chi connectivity index (χ4v) is 4.20. The van der Waals surface area contributed by atoms with Crippen molar-refractivity contribution in [2.45, 2.75) is 33.2 Å². The lowest BCUT2D eigenvalue weighted by molar-refractivity contribution is -0.140. The lowest BCUT2D eigenvalue weighted by atomic mass is 9.94. The van der Waals surface area contributed by atoms with Crippen molar-refractivity contribution in [2.24, 2.45) is 0 Å². The molecule has 0 aliphatic carbocycles. The van der Waals surface area contributed by atoms with E-state index in [1.54, 1.807) is 42.3 Å². The molecule has 1 saturated heterocycles. The van der Waals surface area contributed by atoms with Gasteiger partial charge in [-0.25, -0.2) is 0 Å². The number of para-hydroxylation sites is 1. The molecule has 2 aromatic rings. The molecule has 2 aromatic carbocycles. The number of hydrogen-bond donors (Lipinski definition) is 1. The van der Waals surface area contributed by atoms with Crippen molar-refractivity contribution < 1.29 is 24.2 Å². The molecule has 1 aliphatic heterocycles. The van der Waals surface area contributed by atoms with Crippen LogP contribution >= 0.6 is 0 Å². The molecule has 7 heteroatoms. The third kappa shape index (κ3) is 5.25. The van der Waals surface area contributed by atoms with Crippen LogP contribution in [-0.2, 0) is 9.59 Å². The van der Waals surface area contributed by atoms with Crippen LogP contribution in [0.2, 0.25) is 0 Å². The number of aliphatic hydroxyl groups excluding tert-OH is 1. The Morgan fingerprint density at radius 3 is 2.32 bits per heavy atom. The highest BCUT2D eigenvalue weighted by Gasteiger charge is 2.46. The molecule has 1 aliphatic rings. The van der Waals surface area contributed by atoms with Gasteiger partial charge in [-0.05, 0) is 49.8 Å². The Bertz CT molecular complexity index is 1030. The number of likely N-dealkylation sites (N-methyl/N-ethyl adjacent to an activating group) is 1. The summed E-state index contributed by atoms with van der Waals surface area (Å²) < 4.78 is 11.2. The molecule has 0 radical (unpaired) electrons. The summed E-state index contributed by atoms with van der Waals surface area (Å²) in [4.78, 5) is 30.1. The van der Waals surface area contributed by atoms with Crippen LogP contribution in [0, 0.1) is 0 Å². The Kier molecular flexibility index (Phi) is 8.71. The zero-order chi connectivity index (χ0) is 24.7. The fraction of sp³-hybridized carbons (Fsp3) is 0.407. The third-order valence-electron chi connectivity index (χ3n) is 6.13. The first kappa shape index (κ1) is 25.3. The van der Waals surface area contributed by atoms with E-state index in [0.717, 1.165) is 19.5 Å². The van der Waals surface area contributed by atoms with Gasteiger partial charge in [0.05, 0.1) is 25.3 Å². The summed E-state index contributed by atoms with van der Waals surface area (Å²) in [5, 5.41) is 11.2. The van der Waals surface area contributed by atoms with Gasteiger partial charge >= 0.3 is 0 Å². The van der Waals surface area contributed by atoms with Gasteiger partial charge in [0.15, 0.2) is 0 Å². The minimum Gasteiger partial charge on any atom is -0.507 e. The van der Waals surface area contributed by atoms with Gasteiger partial charge in [0.1, 0.15) is 17.3 Å². The van der Waals surface area contributed by atoms with E-state index in [0.29, 0.717) is 42.3 Å². The zero-order valence-electron chi connectivity index (χ0n) is 20.4. The Hall–Kier alpha value is -3.32. The van der Waals surface area contributed by atoms with Gasteiger partial charge in [0, 0.05) is 24.2 Å². The molecule has 1 unspecified atom stereocenters. The molecule has 1 fully saturated rings. The SMILES string of the molecule is CCCOc1ccc(/C(O)=C2/C(=O)C(=O)N(CCN(CC)CC)C2c2ccccc2OC)cc1. The fourth-order valence-electron chi connectivity index (χ4n) is 4.20. The Labute approximate surface area is 201 Å². The standard InChI is InChI=1S/C27H34N2O5/c1-5-18-34-20-14-12-19(13-15-20)25(30)23-24(21-10-8-9-11-22(21)33-4)29(27(32)26(23)31)17-16-28(6-2)7-3/h8-15,24,30H,5-7,16-18H2,1-4H3/b25-23-.